The van der Waals surface area contributed by atoms with Crippen LogP contribution in [0.2, 0.25) is 5.02 Å². The highest BCUT2D eigenvalue weighted by atomic mass is 35.5. The summed E-state index contributed by atoms with van der Waals surface area (Å²) >= 11 is 11.7. The van der Waals surface area contributed by atoms with Crippen LogP contribution in [0.3, 0.4) is 0 Å². The molecule has 3 rings (SSSR count). The smallest absolute Gasteiger partial charge is 0.174 e. The van der Waals surface area contributed by atoms with Gasteiger partial charge in [-0.1, -0.05) is 29.8 Å². The lowest BCUT2D eigenvalue weighted by molar-refractivity contribution is 0.134. The first-order valence-electron chi connectivity index (χ1n) is 8.60. The Morgan fingerprint density at radius 1 is 1.12 bits per heavy atom. The van der Waals surface area contributed by atoms with E-state index in [1.165, 1.54) is 16.7 Å². The summed E-state index contributed by atoms with van der Waals surface area (Å²) in [6, 6.07) is 14.5. The molecular weight excluding hydrogens is 350 g/mol. The minimum Gasteiger partial charge on any atom is -0.336 e. The van der Waals surface area contributed by atoms with Crippen LogP contribution in [0.1, 0.15) is 23.1 Å². The van der Waals surface area contributed by atoms with E-state index in [9.17, 15) is 0 Å². The molecule has 0 aromatic heterocycles. The van der Waals surface area contributed by atoms with Gasteiger partial charge in [0.05, 0.1) is 6.67 Å². The van der Waals surface area contributed by atoms with Crippen LogP contribution in [0.25, 0.3) is 0 Å². The highest BCUT2D eigenvalue weighted by Crippen LogP contribution is 2.18. The van der Waals surface area contributed by atoms with Crippen LogP contribution >= 0.6 is 23.8 Å². The molecule has 5 heteroatoms. The first kappa shape index (κ1) is 18.2. The standard InChI is InChI=1S/C20H24ClN3S/c1-15-9-16(2)11-19(10-15)22-20(25)24-8-4-7-23(14-24)13-17-5-3-6-18(21)12-17/h3,5-6,9-12H,4,7-8,13-14H2,1-2H3,(H,22,25). The molecule has 1 aliphatic rings. The van der Waals surface area contributed by atoms with Crippen molar-refractivity contribution < 1.29 is 0 Å². The van der Waals surface area contributed by atoms with Gasteiger partial charge in [-0.15, -0.1) is 0 Å². The van der Waals surface area contributed by atoms with Gasteiger partial charge in [0.2, 0.25) is 0 Å². The largest absolute Gasteiger partial charge is 0.336 e. The van der Waals surface area contributed by atoms with Crippen molar-refractivity contribution in [3.05, 3.63) is 64.2 Å². The molecule has 132 valence electrons. The van der Waals surface area contributed by atoms with Gasteiger partial charge in [0.25, 0.3) is 0 Å². The molecule has 2 aromatic carbocycles. The lowest BCUT2D eigenvalue weighted by atomic mass is 10.1. The maximum atomic E-state index is 6.10. The van der Waals surface area contributed by atoms with Crippen molar-refractivity contribution in [1.29, 1.82) is 0 Å². The van der Waals surface area contributed by atoms with Crippen molar-refractivity contribution in [3.63, 3.8) is 0 Å². The molecule has 1 heterocycles. The molecule has 1 aliphatic heterocycles. The topological polar surface area (TPSA) is 18.5 Å². The van der Waals surface area contributed by atoms with Crippen molar-refractivity contribution in [1.82, 2.24) is 9.80 Å². The third-order valence-corrected chi connectivity index (χ3v) is 4.92. The fraction of sp³-hybridized carbons (Fsp3) is 0.350. The number of nitrogens with zero attached hydrogens (tertiary/aromatic N) is 2. The normalized spacial score (nSPS) is 15.2. The van der Waals surface area contributed by atoms with Crippen LogP contribution in [0, 0.1) is 13.8 Å². The van der Waals surface area contributed by atoms with Crippen molar-refractivity contribution in [2.45, 2.75) is 26.8 Å². The van der Waals surface area contributed by atoms with Gasteiger partial charge in [0.15, 0.2) is 5.11 Å². The van der Waals surface area contributed by atoms with Gasteiger partial charge in [0.1, 0.15) is 0 Å². The Morgan fingerprint density at radius 3 is 2.60 bits per heavy atom. The molecule has 0 amide bonds. The summed E-state index contributed by atoms with van der Waals surface area (Å²) in [6.07, 6.45) is 1.11. The number of rotatable bonds is 3. The van der Waals surface area contributed by atoms with E-state index < -0.39 is 0 Å². The summed E-state index contributed by atoms with van der Waals surface area (Å²) in [4.78, 5) is 4.64. The van der Waals surface area contributed by atoms with Crippen molar-refractivity contribution >= 4 is 34.6 Å². The second kappa shape index (κ2) is 8.17. The number of halogens is 1. The summed E-state index contributed by atoms with van der Waals surface area (Å²) in [5.74, 6) is 0. The minimum atomic E-state index is 0.790. The van der Waals surface area contributed by atoms with Crippen LogP contribution < -0.4 is 5.32 Å². The molecule has 1 saturated heterocycles. The first-order valence-corrected chi connectivity index (χ1v) is 9.39. The molecule has 0 bridgehead atoms. The Bertz CT molecular complexity index is 742. The molecule has 0 spiro atoms. The van der Waals surface area contributed by atoms with Gasteiger partial charge < -0.3 is 10.2 Å². The molecule has 0 aliphatic carbocycles. The lowest BCUT2D eigenvalue weighted by Gasteiger charge is -2.37. The van der Waals surface area contributed by atoms with Crippen LogP contribution in [0.4, 0.5) is 5.69 Å². The SMILES string of the molecule is Cc1cc(C)cc(NC(=S)N2CCCN(Cc3cccc(Cl)c3)C2)c1. The highest BCUT2D eigenvalue weighted by Gasteiger charge is 2.20. The third-order valence-electron chi connectivity index (χ3n) is 4.33. The molecule has 25 heavy (non-hydrogen) atoms. The van der Waals surface area contributed by atoms with Crippen LogP contribution in [0.5, 0.6) is 0 Å². The van der Waals surface area contributed by atoms with E-state index in [2.05, 4.69) is 53.2 Å². The number of nitrogens with one attached hydrogen (secondary N) is 1. The highest BCUT2D eigenvalue weighted by molar-refractivity contribution is 7.80. The number of thiocarbonyl (C=S) groups is 1. The predicted molar refractivity (Wildman–Crippen MR) is 110 cm³/mol. The zero-order valence-corrected chi connectivity index (χ0v) is 16.3. The third kappa shape index (κ3) is 5.18. The first-order chi connectivity index (χ1) is 12.0. The lowest BCUT2D eigenvalue weighted by Crippen LogP contribution is -2.48. The van der Waals surface area contributed by atoms with Crippen molar-refractivity contribution in [3.8, 4) is 0 Å². The number of aryl methyl sites for hydroxylation is 2. The number of benzene rings is 2. The zero-order chi connectivity index (χ0) is 17.8. The number of hydrogen-bond donors (Lipinski definition) is 1. The minimum absolute atomic E-state index is 0.790. The van der Waals surface area contributed by atoms with Crippen LogP contribution in [-0.4, -0.2) is 34.7 Å². The van der Waals surface area contributed by atoms with E-state index in [1.807, 2.05) is 18.2 Å². The van der Waals surface area contributed by atoms with E-state index in [-0.39, 0.29) is 0 Å². The molecule has 2 aromatic rings. The van der Waals surface area contributed by atoms with Gasteiger partial charge >= 0.3 is 0 Å². The Morgan fingerprint density at radius 2 is 1.88 bits per heavy atom. The van der Waals surface area contributed by atoms with E-state index in [4.69, 9.17) is 23.8 Å². The molecule has 0 radical (unpaired) electrons. The van der Waals surface area contributed by atoms with Gasteiger partial charge in [-0.2, -0.15) is 0 Å². The monoisotopic (exact) mass is 373 g/mol. The Kier molecular flexibility index (Phi) is 5.94. The van der Waals surface area contributed by atoms with Gasteiger partial charge in [0, 0.05) is 30.3 Å². The Hall–Kier alpha value is -1.62. The van der Waals surface area contributed by atoms with E-state index in [0.717, 1.165) is 48.5 Å². The quantitative estimate of drug-likeness (QED) is 0.777. The van der Waals surface area contributed by atoms with Gasteiger partial charge in [-0.3, -0.25) is 4.90 Å². The van der Waals surface area contributed by atoms with E-state index in [1.54, 1.807) is 0 Å². The van der Waals surface area contributed by atoms with E-state index in [0.29, 0.717) is 0 Å². The maximum Gasteiger partial charge on any atom is 0.174 e. The fourth-order valence-corrected chi connectivity index (χ4v) is 3.79. The molecular formula is C20H24ClN3S. The van der Waals surface area contributed by atoms with Crippen molar-refractivity contribution in [2.75, 3.05) is 25.1 Å². The Balaban J connectivity index is 1.61. The molecule has 0 unspecified atom stereocenters. The maximum absolute atomic E-state index is 6.10. The molecule has 1 N–H and O–H groups in total. The summed E-state index contributed by atoms with van der Waals surface area (Å²) in [5, 5.41) is 4.98. The molecule has 1 fully saturated rings. The van der Waals surface area contributed by atoms with Crippen LogP contribution in [0.15, 0.2) is 42.5 Å². The molecule has 0 atom stereocenters. The second-order valence-electron chi connectivity index (χ2n) is 6.75. The van der Waals surface area contributed by atoms with Crippen LogP contribution in [-0.2, 0) is 6.54 Å². The predicted octanol–water partition coefficient (Wildman–Crippen LogP) is 4.82. The second-order valence-corrected chi connectivity index (χ2v) is 7.57. The summed E-state index contributed by atoms with van der Waals surface area (Å²) in [7, 11) is 0. The number of anilines is 1. The average Bonchev–Trinajstić information content (AvgIpc) is 2.54. The summed E-state index contributed by atoms with van der Waals surface area (Å²) < 4.78 is 0. The van der Waals surface area contributed by atoms with E-state index >= 15 is 0 Å². The van der Waals surface area contributed by atoms with Crippen molar-refractivity contribution in [2.24, 2.45) is 0 Å². The summed E-state index contributed by atoms with van der Waals surface area (Å²) in [5.41, 5.74) is 4.79. The zero-order valence-electron chi connectivity index (χ0n) is 14.8. The number of hydrogen-bond acceptors (Lipinski definition) is 2. The van der Waals surface area contributed by atoms with Gasteiger partial charge in [-0.25, -0.2) is 0 Å². The average molecular weight is 374 g/mol. The molecule has 0 saturated carbocycles. The summed E-state index contributed by atoms with van der Waals surface area (Å²) in [6.45, 7) is 8.01. The Labute approximate surface area is 160 Å². The molecule has 3 nitrogen and oxygen atoms in total. The van der Waals surface area contributed by atoms with Gasteiger partial charge in [-0.05, 0) is 73.4 Å². The fourth-order valence-electron chi connectivity index (χ4n) is 3.31.